The van der Waals surface area contributed by atoms with E-state index in [1.165, 1.54) is 18.4 Å². The molecule has 0 radical (unpaired) electrons. The molecule has 0 aliphatic heterocycles. The summed E-state index contributed by atoms with van der Waals surface area (Å²) < 4.78 is 0. The number of phenolic OH excluding ortho intramolecular Hbond substituents is 1. The molecule has 1 unspecified atom stereocenters. The van der Waals surface area contributed by atoms with Crippen LogP contribution in [0.25, 0.3) is 0 Å². The predicted molar refractivity (Wildman–Crippen MR) is 71.2 cm³/mol. The molecule has 0 saturated heterocycles. The average molecular weight is 233 g/mol. The first-order chi connectivity index (χ1) is 7.80. The topological polar surface area (TPSA) is 46.2 Å². The molecule has 2 nitrogen and oxygen atoms in total. The van der Waals surface area contributed by atoms with Crippen LogP contribution in [0.3, 0.4) is 0 Å². The molecular formula is C15H23NO. The first-order valence-corrected chi connectivity index (χ1v) is 6.40. The summed E-state index contributed by atoms with van der Waals surface area (Å²) in [5.74, 6) is 1.04. The van der Waals surface area contributed by atoms with Crippen LogP contribution in [0, 0.1) is 12.8 Å². The van der Waals surface area contributed by atoms with Gasteiger partial charge in [-0.15, -0.1) is 0 Å². The highest BCUT2D eigenvalue weighted by atomic mass is 16.3. The highest BCUT2D eigenvalue weighted by Crippen LogP contribution is 2.42. The van der Waals surface area contributed by atoms with Crippen molar-refractivity contribution in [1.82, 2.24) is 0 Å². The van der Waals surface area contributed by atoms with E-state index >= 15 is 0 Å². The molecule has 0 spiro atoms. The number of aromatic hydroxyl groups is 1. The van der Waals surface area contributed by atoms with Crippen molar-refractivity contribution >= 4 is 0 Å². The Morgan fingerprint density at radius 2 is 1.88 bits per heavy atom. The Balaban J connectivity index is 2.45. The molecule has 1 fully saturated rings. The Morgan fingerprint density at radius 3 is 2.35 bits per heavy atom. The lowest BCUT2D eigenvalue weighted by Crippen LogP contribution is -2.17. The fraction of sp³-hybridized carbons (Fsp3) is 0.600. The maximum Gasteiger partial charge on any atom is 0.119 e. The van der Waals surface area contributed by atoms with Crippen molar-refractivity contribution in [2.24, 2.45) is 11.7 Å². The highest BCUT2D eigenvalue weighted by Gasteiger charge is 2.31. The zero-order chi connectivity index (χ0) is 12.8. The number of aryl methyl sites for hydroxylation is 1. The van der Waals surface area contributed by atoms with Crippen LogP contribution in [0.5, 0.6) is 5.75 Å². The molecule has 2 heteroatoms. The van der Waals surface area contributed by atoms with Crippen molar-refractivity contribution in [3.8, 4) is 5.75 Å². The molecule has 1 aromatic rings. The number of benzene rings is 1. The van der Waals surface area contributed by atoms with Crippen molar-refractivity contribution < 1.29 is 5.11 Å². The fourth-order valence-electron chi connectivity index (χ4n) is 2.38. The van der Waals surface area contributed by atoms with E-state index in [1.807, 2.05) is 13.0 Å². The van der Waals surface area contributed by atoms with Gasteiger partial charge in [0.25, 0.3) is 0 Å². The van der Waals surface area contributed by atoms with Gasteiger partial charge in [0.1, 0.15) is 5.75 Å². The van der Waals surface area contributed by atoms with Crippen LogP contribution >= 0.6 is 0 Å². The maximum absolute atomic E-state index is 10.0. The summed E-state index contributed by atoms with van der Waals surface area (Å²) in [6.07, 6.45) is 2.48. The van der Waals surface area contributed by atoms with Crippen LogP contribution in [0.1, 0.15) is 56.3 Å². The van der Waals surface area contributed by atoms with Gasteiger partial charge >= 0.3 is 0 Å². The van der Waals surface area contributed by atoms with Crippen molar-refractivity contribution in [2.45, 2.75) is 52.0 Å². The van der Waals surface area contributed by atoms with Crippen LogP contribution in [-0.4, -0.2) is 5.11 Å². The quantitative estimate of drug-likeness (QED) is 0.822. The molecular weight excluding hydrogens is 210 g/mol. The SMILES string of the molecule is Cc1cc(O)c(C(C)(C)C)cc1C(N)C1CC1. The van der Waals surface area contributed by atoms with Gasteiger partial charge in [0.05, 0.1) is 0 Å². The molecule has 1 aliphatic carbocycles. The lowest BCUT2D eigenvalue weighted by molar-refractivity contribution is 0.445. The average Bonchev–Trinajstić information content (AvgIpc) is 2.97. The summed E-state index contributed by atoms with van der Waals surface area (Å²) in [5, 5.41) is 10.0. The van der Waals surface area contributed by atoms with Crippen LogP contribution in [0.15, 0.2) is 12.1 Å². The second-order valence-corrected chi connectivity index (χ2v) is 6.34. The van der Waals surface area contributed by atoms with Gasteiger partial charge in [-0.3, -0.25) is 0 Å². The van der Waals surface area contributed by atoms with Gasteiger partial charge in [-0.1, -0.05) is 20.8 Å². The van der Waals surface area contributed by atoms with Crippen molar-refractivity contribution in [2.75, 3.05) is 0 Å². The van der Waals surface area contributed by atoms with Gasteiger partial charge in [-0.05, 0) is 59.9 Å². The molecule has 3 N–H and O–H groups in total. The van der Waals surface area contributed by atoms with Crippen LogP contribution in [0.4, 0.5) is 0 Å². The molecule has 0 amide bonds. The molecule has 1 aromatic carbocycles. The molecule has 94 valence electrons. The Hall–Kier alpha value is -1.02. The van der Waals surface area contributed by atoms with Gasteiger partial charge in [-0.25, -0.2) is 0 Å². The largest absolute Gasteiger partial charge is 0.508 e. The van der Waals surface area contributed by atoms with E-state index in [1.54, 1.807) is 0 Å². The fourth-order valence-corrected chi connectivity index (χ4v) is 2.38. The summed E-state index contributed by atoms with van der Waals surface area (Å²) in [5.41, 5.74) is 9.54. The maximum atomic E-state index is 10.0. The molecule has 1 saturated carbocycles. The first kappa shape index (κ1) is 12.4. The number of nitrogens with two attached hydrogens (primary N) is 1. The second-order valence-electron chi connectivity index (χ2n) is 6.34. The van der Waals surface area contributed by atoms with E-state index in [0.717, 1.165) is 11.1 Å². The van der Waals surface area contributed by atoms with E-state index in [0.29, 0.717) is 11.7 Å². The second kappa shape index (κ2) is 4.02. The van der Waals surface area contributed by atoms with E-state index in [9.17, 15) is 5.11 Å². The predicted octanol–water partition coefficient (Wildman–Crippen LogP) is 3.41. The number of hydrogen-bond donors (Lipinski definition) is 2. The zero-order valence-electron chi connectivity index (χ0n) is 11.2. The van der Waals surface area contributed by atoms with Crippen LogP contribution in [0.2, 0.25) is 0 Å². The van der Waals surface area contributed by atoms with Gasteiger partial charge in [0.15, 0.2) is 0 Å². The van der Waals surface area contributed by atoms with Crippen molar-refractivity contribution in [3.63, 3.8) is 0 Å². The lowest BCUT2D eigenvalue weighted by Gasteiger charge is -2.24. The van der Waals surface area contributed by atoms with Gasteiger partial charge in [-0.2, -0.15) is 0 Å². The van der Waals surface area contributed by atoms with Gasteiger partial charge < -0.3 is 10.8 Å². The third-order valence-electron chi connectivity index (χ3n) is 3.68. The van der Waals surface area contributed by atoms with Gasteiger partial charge in [0.2, 0.25) is 0 Å². The number of rotatable bonds is 2. The third-order valence-corrected chi connectivity index (χ3v) is 3.68. The lowest BCUT2D eigenvalue weighted by atomic mass is 9.83. The minimum atomic E-state index is -0.0458. The smallest absolute Gasteiger partial charge is 0.119 e. The standard InChI is InChI=1S/C15H23NO/c1-9-7-13(17)12(15(2,3)4)8-11(9)14(16)10-5-6-10/h7-8,10,14,17H,5-6,16H2,1-4H3. The molecule has 0 aromatic heterocycles. The molecule has 17 heavy (non-hydrogen) atoms. The minimum absolute atomic E-state index is 0.0458. The van der Waals surface area contributed by atoms with E-state index < -0.39 is 0 Å². The monoisotopic (exact) mass is 233 g/mol. The number of hydrogen-bond acceptors (Lipinski definition) is 2. The summed E-state index contributed by atoms with van der Waals surface area (Å²) in [4.78, 5) is 0. The molecule has 0 heterocycles. The molecule has 0 bridgehead atoms. The normalized spacial score (nSPS) is 18.2. The Morgan fingerprint density at radius 1 is 1.29 bits per heavy atom. The molecule has 1 aliphatic rings. The summed E-state index contributed by atoms with van der Waals surface area (Å²) in [6.45, 7) is 8.38. The van der Waals surface area contributed by atoms with E-state index in [4.69, 9.17) is 5.73 Å². The van der Waals surface area contributed by atoms with E-state index in [2.05, 4.69) is 26.8 Å². The minimum Gasteiger partial charge on any atom is -0.508 e. The third kappa shape index (κ3) is 2.47. The Bertz CT molecular complexity index is 427. The van der Waals surface area contributed by atoms with Gasteiger partial charge in [0, 0.05) is 6.04 Å². The summed E-state index contributed by atoms with van der Waals surface area (Å²) in [7, 11) is 0. The number of phenols is 1. The van der Waals surface area contributed by atoms with Crippen LogP contribution in [-0.2, 0) is 5.41 Å². The summed E-state index contributed by atoms with van der Waals surface area (Å²) in [6, 6.07) is 4.10. The highest BCUT2D eigenvalue weighted by molar-refractivity contribution is 5.46. The Kier molecular flexibility index (Phi) is 2.94. The zero-order valence-corrected chi connectivity index (χ0v) is 11.2. The Labute approximate surface area is 104 Å². The van der Waals surface area contributed by atoms with Crippen LogP contribution < -0.4 is 5.73 Å². The summed E-state index contributed by atoms with van der Waals surface area (Å²) >= 11 is 0. The van der Waals surface area contributed by atoms with Crippen molar-refractivity contribution in [1.29, 1.82) is 0 Å². The first-order valence-electron chi connectivity index (χ1n) is 6.40. The molecule has 2 rings (SSSR count). The van der Waals surface area contributed by atoms with Crippen molar-refractivity contribution in [3.05, 3.63) is 28.8 Å². The van der Waals surface area contributed by atoms with E-state index in [-0.39, 0.29) is 11.5 Å². The molecule has 1 atom stereocenters.